The molecule has 0 aliphatic heterocycles. The molecule has 0 saturated carbocycles. The molecule has 1 aromatic rings. The zero-order valence-corrected chi connectivity index (χ0v) is 7.87. The van der Waals surface area contributed by atoms with Gasteiger partial charge < -0.3 is 9.84 Å². The number of halogens is 3. The van der Waals surface area contributed by atoms with Crippen molar-refractivity contribution in [2.45, 2.75) is 6.18 Å². The quantitative estimate of drug-likeness (QED) is 0.843. The van der Waals surface area contributed by atoms with Crippen LogP contribution in [0.1, 0.15) is 0 Å². The van der Waals surface area contributed by atoms with Gasteiger partial charge in [-0.05, 0) is 12.1 Å². The smallest absolute Gasteiger partial charge is 0.397 e. The van der Waals surface area contributed by atoms with E-state index in [2.05, 4.69) is 0 Å². The number of hydrogen-bond acceptors (Lipinski definition) is 2. The zero-order valence-electron chi connectivity index (χ0n) is 7.87. The highest BCUT2D eigenvalue weighted by molar-refractivity contribution is 5.20. The van der Waals surface area contributed by atoms with Crippen molar-refractivity contribution in [1.82, 2.24) is 0 Å². The van der Waals surface area contributed by atoms with Crippen LogP contribution in [0.25, 0.3) is 0 Å². The fraction of sp³-hybridized carbons (Fsp3) is 0.400. The van der Waals surface area contributed by atoms with Crippen molar-refractivity contribution in [3.8, 4) is 5.75 Å². The molecule has 1 rings (SSSR count). The van der Waals surface area contributed by atoms with E-state index in [9.17, 15) is 13.2 Å². The lowest BCUT2D eigenvalue weighted by atomic mass is 10.2. The highest BCUT2D eigenvalue weighted by Gasteiger charge is 2.39. The third-order valence-corrected chi connectivity index (χ3v) is 1.88. The van der Waals surface area contributed by atoms with Crippen LogP contribution in [-0.2, 0) is 0 Å². The number of alkyl halides is 3. The van der Waals surface area contributed by atoms with Crippen LogP contribution in [0.2, 0.25) is 0 Å². The Bertz CT molecular complexity index is 284. The molecule has 1 unspecified atom stereocenters. The molecule has 84 valence electrons. The van der Waals surface area contributed by atoms with Gasteiger partial charge in [-0.25, -0.2) is 0 Å². The number of aliphatic hydroxyl groups excluding tert-OH is 1. The van der Waals surface area contributed by atoms with Crippen molar-refractivity contribution in [3.63, 3.8) is 0 Å². The van der Waals surface area contributed by atoms with Gasteiger partial charge >= 0.3 is 6.18 Å². The molecule has 1 aromatic carbocycles. The first kappa shape index (κ1) is 11.8. The lowest BCUT2D eigenvalue weighted by molar-refractivity contribution is -0.190. The molecule has 1 N–H and O–H groups in total. The van der Waals surface area contributed by atoms with Gasteiger partial charge in [0.2, 0.25) is 0 Å². The van der Waals surface area contributed by atoms with Crippen molar-refractivity contribution >= 4 is 0 Å². The minimum atomic E-state index is -4.43. The summed E-state index contributed by atoms with van der Waals surface area (Å²) in [5, 5.41) is 8.54. The number of ether oxygens (including phenoxy) is 1. The van der Waals surface area contributed by atoms with Crippen LogP contribution in [0.15, 0.2) is 30.3 Å². The highest BCUT2D eigenvalue weighted by atomic mass is 19.4. The third kappa shape index (κ3) is 3.79. The summed E-state index contributed by atoms with van der Waals surface area (Å²) in [6.45, 7) is -1.53. The largest absolute Gasteiger partial charge is 0.493 e. The monoisotopic (exact) mass is 220 g/mol. The van der Waals surface area contributed by atoms with Gasteiger partial charge in [-0.3, -0.25) is 0 Å². The summed E-state index contributed by atoms with van der Waals surface area (Å²) in [4.78, 5) is 0. The van der Waals surface area contributed by atoms with Crippen LogP contribution in [0, 0.1) is 5.92 Å². The van der Waals surface area contributed by atoms with Gasteiger partial charge in [-0.1, -0.05) is 18.2 Å². The Balaban J connectivity index is 2.49. The van der Waals surface area contributed by atoms with E-state index in [-0.39, 0.29) is 0 Å². The number of aliphatic hydroxyl groups is 1. The van der Waals surface area contributed by atoms with Crippen LogP contribution in [0.4, 0.5) is 13.2 Å². The Labute approximate surface area is 85.3 Å². The molecular formula is C10H11F3O2. The molecule has 0 saturated heterocycles. The number of para-hydroxylation sites is 1. The Morgan fingerprint density at radius 3 is 2.27 bits per heavy atom. The predicted molar refractivity (Wildman–Crippen MR) is 48.6 cm³/mol. The van der Waals surface area contributed by atoms with Crippen LogP contribution in [0.5, 0.6) is 5.75 Å². The zero-order chi connectivity index (χ0) is 11.3. The molecule has 0 amide bonds. The molecule has 0 spiro atoms. The summed E-state index contributed by atoms with van der Waals surface area (Å²) >= 11 is 0. The Morgan fingerprint density at radius 1 is 1.20 bits per heavy atom. The van der Waals surface area contributed by atoms with Crippen LogP contribution in [-0.4, -0.2) is 24.5 Å². The summed E-state index contributed by atoms with van der Waals surface area (Å²) in [6, 6.07) is 8.18. The molecule has 0 aliphatic rings. The standard InChI is InChI=1S/C10H11F3O2/c11-10(12,13)8(6-14)7-15-9-4-2-1-3-5-9/h1-5,8,14H,6-7H2. The summed E-state index contributed by atoms with van der Waals surface area (Å²) in [5.41, 5.74) is 0. The SMILES string of the molecule is OCC(COc1ccccc1)C(F)(F)F. The van der Waals surface area contributed by atoms with Gasteiger partial charge in [0.1, 0.15) is 18.3 Å². The van der Waals surface area contributed by atoms with Crippen LogP contribution in [0.3, 0.4) is 0 Å². The number of rotatable bonds is 4. The molecule has 15 heavy (non-hydrogen) atoms. The van der Waals surface area contributed by atoms with Gasteiger partial charge in [0.15, 0.2) is 0 Å². The maximum Gasteiger partial charge on any atom is 0.397 e. The summed E-state index contributed by atoms with van der Waals surface area (Å²) < 4.78 is 41.5. The molecule has 0 radical (unpaired) electrons. The molecular weight excluding hydrogens is 209 g/mol. The third-order valence-electron chi connectivity index (χ3n) is 1.88. The van der Waals surface area contributed by atoms with Crippen LogP contribution >= 0.6 is 0 Å². The van der Waals surface area contributed by atoms with Gasteiger partial charge in [0, 0.05) is 0 Å². The average molecular weight is 220 g/mol. The molecule has 5 heteroatoms. The summed E-state index contributed by atoms with van der Waals surface area (Å²) in [7, 11) is 0. The van der Waals surface area contributed by atoms with Crippen molar-refractivity contribution in [2.24, 2.45) is 5.92 Å². The van der Waals surface area contributed by atoms with E-state index in [1.165, 1.54) is 0 Å². The molecule has 0 bridgehead atoms. The van der Waals surface area contributed by atoms with E-state index in [1.54, 1.807) is 30.3 Å². The first-order valence-electron chi connectivity index (χ1n) is 4.39. The first-order valence-corrected chi connectivity index (χ1v) is 4.39. The molecule has 0 fully saturated rings. The van der Waals surface area contributed by atoms with E-state index >= 15 is 0 Å². The molecule has 0 aliphatic carbocycles. The fourth-order valence-electron chi connectivity index (χ4n) is 0.964. The maximum absolute atomic E-state index is 12.2. The average Bonchev–Trinajstić information content (AvgIpc) is 2.18. The minimum Gasteiger partial charge on any atom is -0.493 e. The topological polar surface area (TPSA) is 29.5 Å². The van der Waals surface area contributed by atoms with E-state index in [4.69, 9.17) is 9.84 Å². The van der Waals surface area contributed by atoms with Crippen molar-refractivity contribution in [3.05, 3.63) is 30.3 Å². The number of benzene rings is 1. The molecule has 2 nitrogen and oxygen atoms in total. The summed E-state index contributed by atoms with van der Waals surface area (Å²) in [5.74, 6) is -1.47. The van der Waals surface area contributed by atoms with E-state index in [0.717, 1.165) is 0 Å². The second-order valence-corrected chi connectivity index (χ2v) is 3.05. The normalized spacial score (nSPS) is 13.6. The summed E-state index contributed by atoms with van der Waals surface area (Å²) in [6.07, 6.45) is -4.43. The lowest BCUT2D eigenvalue weighted by Gasteiger charge is -2.18. The fourth-order valence-corrected chi connectivity index (χ4v) is 0.964. The van der Waals surface area contributed by atoms with Crippen molar-refractivity contribution < 1.29 is 23.0 Å². The van der Waals surface area contributed by atoms with Crippen LogP contribution < -0.4 is 4.74 Å². The first-order chi connectivity index (χ1) is 7.04. The maximum atomic E-state index is 12.2. The number of hydrogen-bond donors (Lipinski definition) is 1. The van der Waals surface area contributed by atoms with Gasteiger partial charge in [-0.15, -0.1) is 0 Å². The molecule has 1 atom stereocenters. The van der Waals surface area contributed by atoms with Gasteiger partial charge in [0.05, 0.1) is 6.61 Å². The minimum absolute atomic E-state index is 0.361. The molecule has 0 heterocycles. The van der Waals surface area contributed by atoms with E-state index in [1.807, 2.05) is 0 Å². The highest BCUT2D eigenvalue weighted by Crippen LogP contribution is 2.26. The Hall–Kier alpha value is -1.23. The van der Waals surface area contributed by atoms with Gasteiger partial charge in [-0.2, -0.15) is 13.2 Å². The van der Waals surface area contributed by atoms with E-state index < -0.39 is 25.3 Å². The van der Waals surface area contributed by atoms with Gasteiger partial charge in [0.25, 0.3) is 0 Å². The lowest BCUT2D eigenvalue weighted by Crippen LogP contribution is -2.31. The molecule has 0 aromatic heterocycles. The second kappa shape index (κ2) is 5.02. The predicted octanol–water partition coefficient (Wildman–Crippen LogP) is 2.24. The Morgan fingerprint density at radius 2 is 1.80 bits per heavy atom. The Kier molecular flexibility index (Phi) is 3.96. The van der Waals surface area contributed by atoms with E-state index in [0.29, 0.717) is 5.75 Å². The van der Waals surface area contributed by atoms with Crippen molar-refractivity contribution in [1.29, 1.82) is 0 Å². The van der Waals surface area contributed by atoms with Crippen molar-refractivity contribution in [2.75, 3.05) is 13.2 Å². The second-order valence-electron chi connectivity index (χ2n) is 3.05.